The predicted octanol–water partition coefficient (Wildman–Crippen LogP) is 0.0558. The number of aliphatic carboxylic acids is 1. The van der Waals surface area contributed by atoms with Crippen LogP contribution in [0.15, 0.2) is 0 Å². The highest BCUT2D eigenvalue weighted by molar-refractivity contribution is 6.15. The first-order chi connectivity index (χ1) is 11.4. The molecule has 4 saturated carbocycles. The highest BCUT2D eigenvalue weighted by atomic mass is 16.7. The van der Waals surface area contributed by atoms with Crippen LogP contribution < -0.4 is 5.32 Å². The molecule has 2 N–H and O–H groups in total. The smallest absolute Gasteiger partial charge is 0.333 e. The topological polar surface area (TPSA) is 119 Å². The Morgan fingerprint density at radius 1 is 1.00 bits per heavy atom. The number of nitrogens with one attached hydrogen (secondary N) is 1. The van der Waals surface area contributed by atoms with E-state index in [1.165, 1.54) is 6.42 Å². The average Bonchev–Trinajstić information content (AvgIpc) is 2.49. The van der Waals surface area contributed by atoms with Crippen LogP contribution in [0.3, 0.4) is 0 Å². The molecule has 5 fully saturated rings. The summed E-state index contributed by atoms with van der Waals surface area (Å²) in [5, 5.41) is 10.6. The van der Waals surface area contributed by atoms with Crippen molar-refractivity contribution in [3.05, 3.63) is 0 Å². The number of rotatable bonds is 3. The minimum absolute atomic E-state index is 0.00433. The molecule has 0 radical (unpaired) electrons. The molecule has 1 amide bonds. The zero-order chi connectivity index (χ0) is 17.1. The summed E-state index contributed by atoms with van der Waals surface area (Å²) in [4.78, 5) is 47.1. The third-order valence-corrected chi connectivity index (χ3v) is 5.94. The number of carbonyl (C=O) groups excluding carboxylic acids is 3. The van der Waals surface area contributed by atoms with Gasteiger partial charge in [0.05, 0.1) is 0 Å². The van der Waals surface area contributed by atoms with Gasteiger partial charge in [-0.3, -0.25) is 19.2 Å². The van der Waals surface area contributed by atoms with Gasteiger partial charge in [0.25, 0.3) is 5.79 Å². The molecule has 1 spiro atoms. The second-order valence-electron chi connectivity index (χ2n) is 7.41. The van der Waals surface area contributed by atoms with Crippen molar-refractivity contribution in [3.63, 3.8) is 0 Å². The summed E-state index contributed by atoms with van der Waals surface area (Å²) in [7, 11) is 0. The number of carboxylic acid groups (broad SMARTS) is 1. The van der Waals surface area contributed by atoms with Gasteiger partial charge in [-0.15, -0.1) is 0 Å². The van der Waals surface area contributed by atoms with Crippen LogP contribution in [0.5, 0.6) is 0 Å². The van der Waals surface area contributed by atoms with E-state index in [0.717, 1.165) is 25.7 Å². The lowest BCUT2D eigenvalue weighted by molar-refractivity contribution is -0.322. The van der Waals surface area contributed by atoms with E-state index in [1.807, 2.05) is 5.32 Å². The lowest BCUT2D eigenvalue weighted by Gasteiger charge is -2.59. The van der Waals surface area contributed by atoms with Crippen LogP contribution in [0, 0.1) is 29.6 Å². The molecule has 0 aromatic rings. The standard InChI is InChI=1S/C16H19NO7/c18-11(19)6-17-13(20)12-14(21)23-16(24-15(12)22)9-2-7-1-8(4-9)5-10(16)3-7/h7-10,12H,1-6H2,(H,17,20)(H,18,19). The van der Waals surface area contributed by atoms with Crippen LogP contribution in [0.1, 0.15) is 32.1 Å². The van der Waals surface area contributed by atoms with Crippen molar-refractivity contribution in [2.24, 2.45) is 29.6 Å². The Morgan fingerprint density at radius 3 is 1.96 bits per heavy atom. The zero-order valence-corrected chi connectivity index (χ0v) is 13.0. The molecule has 0 atom stereocenters. The Hall–Kier alpha value is -2.12. The molecular weight excluding hydrogens is 318 g/mol. The normalized spacial score (nSPS) is 42.6. The van der Waals surface area contributed by atoms with E-state index in [0.29, 0.717) is 11.8 Å². The van der Waals surface area contributed by atoms with Crippen LogP contribution in [0.4, 0.5) is 0 Å². The number of esters is 2. The van der Waals surface area contributed by atoms with Gasteiger partial charge in [-0.25, -0.2) is 0 Å². The van der Waals surface area contributed by atoms with Crippen LogP contribution in [-0.4, -0.2) is 41.3 Å². The van der Waals surface area contributed by atoms with Crippen LogP contribution >= 0.6 is 0 Å². The molecule has 8 heteroatoms. The van der Waals surface area contributed by atoms with Gasteiger partial charge in [0.2, 0.25) is 11.8 Å². The van der Waals surface area contributed by atoms with Gasteiger partial charge in [0.15, 0.2) is 0 Å². The minimum Gasteiger partial charge on any atom is -0.480 e. The first-order valence-electron chi connectivity index (χ1n) is 8.34. The van der Waals surface area contributed by atoms with Gasteiger partial charge in [0, 0.05) is 11.8 Å². The van der Waals surface area contributed by atoms with Crippen molar-refractivity contribution < 1.29 is 33.8 Å². The largest absolute Gasteiger partial charge is 0.480 e. The van der Waals surface area contributed by atoms with Crippen molar-refractivity contribution in [3.8, 4) is 0 Å². The van der Waals surface area contributed by atoms with E-state index in [1.54, 1.807) is 0 Å². The van der Waals surface area contributed by atoms with Crippen LogP contribution in [-0.2, 0) is 28.7 Å². The number of hydrogen-bond acceptors (Lipinski definition) is 6. The molecule has 5 aliphatic rings. The second-order valence-corrected chi connectivity index (χ2v) is 7.41. The van der Waals surface area contributed by atoms with E-state index >= 15 is 0 Å². The summed E-state index contributed by atoms with van der Waals surface area (Å²) in [5.41, 5.74) is 0. The summed E-state index contributed by atoms with van der Waals surface area (Å²) >= 11 is 0. The fraction of sp³-hybridized carbons (Fsp3) is 0.750. The summed E-state index contributed by atoms with van der Waals surface area (Å²) in [6.45, 7) is -0.671. The molecule has 5 rings (SSSR count). The van der Waals surface area contributed by atoms with Crippen molar-refractivity contribution in [2.75, 3.05) is 6.54 Å². The first-order valence-corrected chi connectivity index (χ1v) is 8.34. The van der Waals surface area contributed by atoms with Gasteiger partial charge in [-0.1, -0.05) is 0 Å². The van der Waals surface area contributed by atoms with Crippen molar-refractivity contribution in [2.45, 2.75) is 37.9 Å². The molecule has 0 aromatic heterocycles. The maximum absolute atomic E-state index is 12.4. The number of hydrogen-bond donors (Lipinski definition) is 2. The highest BCUT2D eigenvalue weighted by Gasteiger charge is 2.65. The SMILES string of the molecule is O=C(O)CNC(=O)C1C(=O)OC2(OC1=O)C1CC3CC(C1)CC2C3. The molecular formula is C16H19NO7. The summed E-state index contributed by atoms with van der Waals surface area (Å²) < 4.78 is 11.1. The van der Waals surface area contributed by atoms with Gasteiger partial charge in [-0.2, -0.15) is 0 Å². The maximum atomic E-state index is 12.4. The molecule has 0 aromatic carbocycles. The van der Waals surface area contributed by atoms with E-state index < -0.39 is 42.1 Å². The summed E-state index contributed by atoms with van der Waals surface area (Å²) in [6, 6.07) is 0. The first kappa shape index (κ1) is 15.4. The van der Waals surface area contributed by atoms with Crippen LogP contribution in [0.25, 0.3) is 0 Å². The van der Waals surface area contributed by atoms with Crippen molar-refractivity contribution in [1.29, 1.82) is 0 Å². The van der Waals surface area contributed by atoms with E-state index in [2.05, 4.69) is 0 Å². The summed E-state index contributed by atoms with van der Waals surface area (Å²) in [5.74, 6) is -5.86. The molecule has 1 aliphatic heterocycles. The molecule has 24 heavy (non-hydrogen) atoms. The van der Waals surface area contributed by atoms with Gasteiger partial charge in [-0.05, 0) is 43.9 Å². The highest BCUT2D eigenvalue weighted by Crippen LogP contribution is 2.60. The number of ether oxygens (including phenoxy) is 2. The predicted molar refractivity (Wildman–Crippen MR) is 76.1 cm³/mol. The monoisotopic (exact) mass is 337 g/mol. The summed E-state index contributed by atoms with van der Waals surface area (Å²) in [6.07, 6.45) is 4.71. The Labute approximate surface area is 137 Å². The molecule has 1 saturated heterocycles. The van der Waals surface area contributed by atoms with E-state index in [-0.39, 0.29) is 11.8 Å². The van der Waals surface area contributed by atoms with Gasteiger partial charge < -0.3 is 19.9 Å². The Kier molecular flexibility index (Phi) is 3.33. The zero-order valence-electron chi connectivity index (χ0n) is 13.0. The molecule has 0 unspecified atom stereocenters. The Bertz CT molecular complexity index is 580. The average molecular weight is 337 g/mol. The van der Waals surface area contributed by atoms with E-state index in [4.69, 9.17) is 14.6 Å². The van der Waals surface area contributed by atoms with Gasteiger partial charge >= 0.3 is 17.9 Å². The molecule has 8 nitrogen and oxygen atoms in total. The quantitative estimate of drug-likeness (QED) is 0.552. The lowest BCUT2D eigenvalue weighted by atomic mass is 9.53. The van der Waals surface area contributed by atoms with Crippen molar-refractivity contribution in [1.82, 2.24) is 5.32 Å². The minimum atomic E-state index is -1.74. The third kappa shape index (κ3) is 2.19. The van der Waals surface area contributed by atoms with Crippen LogP contribution in [0.2, 0.25) is 0 Å². The number of carboxylic acids is 1. The lowest BCUT2D eigenvalue weighted by Crippen LogP contribution is -2.66. The molecule has 1 heterocycles. The third-order valence-electron chi connectivity index (χ3n) is 5.94. The van der Waals surface area contributed by atoms with Gasteiger partial charge in [0.1, 0.15) is 6.54 Å². The Balaban J connectivity index is 1.53. The fourth-order valence-corrected chi connectivity index (χ4v) is 5.20. The molecule has 4 aliphatic carbocycles. The molecule has 130 valence electrons. The number of carbonyl (C=O) groups is 4. The maximum Gasteiger partial charge on any atom is 0.333 e. The van der Waals surface area contributed by atoms with E-state index in [9.17, 15) is 19.2 Å². The molecule has 4 bridgehead atoms. The second kappa shape index (κ2) is 5.19. The fourth-order valence-electron chi connectivity index (χ4n) is 5.20. The van der Waals surface area contributed by atoms with Crippen molar-refractivity contribution >= 4 is 23.8 Å². The Morgan fingerprint density at radius 2 is 1.50 bits per heavy atom. The number of amides is 1.